The van der Waals surface area contributed by atoms with Gasteiger partial charge >= 0.3 is 0 Å². The predicted molar refractivity (Wildman–Crippen MR) is 60.3 cm³/mol. The van der Waals surface area contributed by atoms with Gasteiger partial charge in [-0.25, -0.2) is 0 Å². The first kappa shape index (κ1) is 12.0. The first-order valence-electron chi connectivity index (χ1n) is 5.98. The molecule has 2 nitrogen and oxygen atoms in total. The molecule has 0 amide bonds. The number of hydrogen-bond acceptors (Lipinski definition) is 2. The van der Waals surface area contributed by atoms with Gasteiger partial charge in [-0.05, 0) is 44.4 Å². The number of hydrogen-bond donors (Lipinski definition) is 2. The van der Waals surface area contributed by atoms with Crippen LogP contribution in [0.4, 0.5) is 0 Å². The van der Waals surface area contributed by atoms with Gasteiger partial charge in [-0.3, -0.25) is 0 Å². The second-order valence-electron chi connectivity index (χ2n) is 5.19. The van der Waals surface area contributed by atoms with E-state index in [0.29, 0.717) is 18.7 Å². The van der Waals surface area contributed by atoms with Crippen LogP contribution in [0.5, 0.6) is 0 Å². The van der Waals surface area contributed by atoms with Crippen molar-refractivity contribution in [3.05, 3.63) is 0 Å². The first-order chi connectivity index (χ1) is 6.61. The minimum atomic E-state index is 0.298. The molecule has 0 aliphatic heterocycles. The molecule has 1 rings (SSSR count). The van der Waals surface area contributed by atoms with Crippen molar-refractivity contribution in [3.8, 4) is 0 Å². The molecule has 0 aromatic rings. The van der Waals surface area contributed by atoms with Crippen LogP contribution in [0.25, 0.3) is 0 Å². The third-order valence-corrected chi connectivity index (χ3v) is 3.26. The predicted octanol–water partition coefficient (Wildman–Crippen LogP) is 2.17. The highest BCUT2D eigenvalue weighted by Crippen LogP contribution is 2.28. The Hall–Kier alpha value is -0.0800. The first-order valence-corrected chi connectivity index (χ1v) is 5.98. The van der Waals surface area contributed by atoms with Crippen LogP contribution in [0.2, 0.25) is 0 Å². The summed E-state index contributed by atoms with van der Waals surface area (Å²) >= 11 is 0. The second-order valence-corrected chi connectivity index (χ2v) is 5.19. The molecule has 0 bridgehead atoms. The van der Waals surface area contributed by atoms with E-state index in [1.807, 2.05) is 0 Å². The van der Waals surface area contributed by atoms with Crippen LogP contribution < -0.4 is 5.32 Å². The molecular formula is C12H25NO. The molecule has 1 aliphatic rings. The highest BCUT2D eigenvalue weighted by molar-refractivity contribution is 4.81. The average Bonchev–Trinajstić information content (AvgIpc) is 2.01. The van der Waals surface area contributed by atoms with Gasteiger partial charge in [0.15, 0.2) is 0 Å². The molecular weight excluding hydrogens is 174 g/mol. The fraction of sp³-hybridized carbons (Fsp3) is 1.00. The molecule has 3 atom stereocenters. The highest BCUT2D eigenvalue weighted by Gasteiger charge is 2.24. The molecule has 0 heterocycles. The molecule has 1 saturated carbocycles. The van der Waals surface area contributed by atoms with E-state index in [9.17, 15) is 0 Å². The Bertz CT molecular complexity index is 150. The van der Waals surface area contributed by atoms with Crippen LogP contribution in [0.15, 0.2) is 0 Å². The molecule has 2 N–H and O–H groups in total. The van der Waals surface area contributed by atoms with Gasteiger partial charge in [-0.15, -0.1) is 0 Å². The van der Waals surface area contributed by atoms with Gasteiger partial charge in [0.05, 0.1) is 0 Å². The maximum Gasteiger partial charge on any atom is 0.0445 e. The Kier molecular flexibility index (Phi) is 4.90. The van der Waals surface area contributed by atoms with Crippen molar-refractivity contribution in [3.63, 3.8) is 0 Å². The Morgan fingerprint density at radius 2 is 1.79 bits per heavy atom. The lowest BCUT2D eigenvalue weighted by Gasteiger charge is -2.33. The van der Waals surface area contributed by atoms with E-state index in [1.165, 1.54) is 19.3 Å². The van der Waals surface area contributed by atoms with Crippen LogP contribution in [0.3, 0.4) is 0 Å². The van der Waals surface area contributed by atoms with Crippen molar-refractivity contribution in [2.75, 3.05) is 6.61 Å². The molecule has 1 fully saturated rings. The Labute approximate surface area is 88.1 Å². The molecule has 0 saturated heterocycles. The van der Waals surface area contributed by atoms with Crippen molar-refractivity contribution in [1.29, 1.82) is 0 Å². The summed E-state index contributed by atoms with van der Waals surface area (Å²) in [6.07, 6.45) is 4.87. The van der Waals surface area contributed by atoms with Crippen molar-refractivity contribution >= 4 is 0 Å². The monoisotopic (exact) mass is 199 g/mol. The smallest absolute Gasteiger partial charge is 0.0445 e. The van der Waals surface area contributed by atoms with Crippen LogP contribution >= 0.6 is 0 Å². The highest BCUT2D eigenvalue weighted by atomic mass is 16.3. The summed E-state index contributed by atoms with van der Waals surface area (Å²) in [5.74, 6) is 1.72. The quantitative estimate of drug-likeness (QED) is 0.727. The van der Waals surface area contributed by atoms with Crippen LogP contribution in [0.1, 0.15) is 46.5 Å². The molecule has 2 heteroatoms. The van der Waals surface area contributed by atoms with Crippen LogP contribution in [-0.2, 0) is 0 Å². The van der Waals surface area contributed by atoms with E-state index >= 15 is 0 Å². The van der Waals surface area contributed by atoms with E-state index in [0.717, 1.165) is 18.3 Å². The van der Waals surface area contributed by atoms with Crippen LogP contribution in [-0.4, -0.2) is 23.8 Å². The number of aliphatic hydroxyl groups excluding tert-OH is 1. The topological polar surface area (TPSA) is 32.3 Å². The van der Waals surface area contributed by atoms with E-state index in [-0.39, 0.29) is 0 Å². The van der Waals surface area contributed by atoms with E-state index in [2.05, 4.69) is 26.1 Å². The molecule has 0 radical (unpaired) electrons. The van der Waals surface area contributed by atoms with Gasteiger partial charge < -0.3 is 10.4 Å². The largest absolute Gasteiger partial charge is 0.396 e. The zero-order valence-electron chi connectivity index (χ0n) is 9.79. The van der Waals surface area contributed by atoms with E-state index in [1.54, 1.807) is 0 Å². The second kappa shape index (κ2) is 5.72. The summed E-state index contributed by atoms with van der Waals surface area (Å²) in [4.78, 5) is 0. The molecule has 0 spiro atoms. The van der Waals surface area contributed by atoms with Gasteiger partial charge in [0.1, 0.15) is 0 Å². The fourth-order valence-corrected chi connectivity index (χ4v) is 2.76. The molecule has 84 valence electrons. The number of aliphatic hydroxyl groups is 1. The summed E-state index contributed by atoms with van der Waals surface area (Å²) < 4.78 is 0. The third kappa shape index (κ3) is 3.97. The van der Waals surface area contributed by atoms with Crippen molar-refractivity contribution in [2.24, 2.45) is 11.8 Å². The Morgan fingerprint density at radius 3 is 2.29 bits per heavy atom. The fourth-order valence-electron chi connectivity index (χ4n) is 2.76. The van der Waals surface area contributed by atoms with Gasteiger partial charge in [-0.2, -0.15) is 0 Å². The van der Waals surface area contributed by atoms with Crippen LogP contribution in [0, 0.1) is 11.8 Å². The minimum absolute atomic E-state index is 0.298. The summed E-state index contributed by atoms with van der Waals surface area (Å²) in [5, 5.41) is 12.5. The van der Waals surface area contributed by atoms with Gasteiger partial charge in [0.25, 0.3) is 0 Å². The van der Waals surface area contributed by atoms with Crippen molar-refractivity contribution in [2.45, 2.75) is 58.5 Å². The van der Waals surface area contributed by atoms with E-state index < -0.39 is 0 Å². The Balaban J connectivity index is 2.29. The molecule has 3 unspecified atom stereocenters. The number of rotatable bonds is 4. The maximum absolute atomic E-state index is 8.83. The third-order valence-electron chi connectivity index (χ3n) is 3.26. The van der Waals surface area contributed by atoms with Gasteiger partial charge in [0, 0.05) is 18.7 Å². The van der Waals surface area contributed by atoms with Crippen molar-refractivity contribution in [1.82, 2.24) is 5.32 Å². The average molecular weight is 199 g/mol. The molecule has 0 aromatic carbocycles. The maximum atomic E-state index is 8.83. The van der Waals surface area contributed by atoms with Gasteiger partial charge in [0.2, 0.25) is 0 Å². The zero-order valence-corrected chi connectivity index (χ0v) is 9.79. The summed E-state index contributed by atoms with van der Waals surface area (Å²) in [6.45, 7) is 7.16. The molecule has 1 aliphatic carbocycles. The standard InChI is InChI=1S/C12H25NO/c1-9-6-10(2)8-12(7-9)13-11(3)4-5-14/h9-14H,4-8H2,1-3H3. The lowest BCUT2D eigenvalue weighted by Crippen LogP contribution is -2.41. The minimum Gasteiger partial charge on any atom is -0.396 e. The Morgan fingerprint density at radius 1 is 1.21 bits per heavy atom. The number of nitrogens with one attached hydrogen (secondary N) is 1. The normalized spacial score (nSPS) is 35.6. The summed E-state index contributed by atoms with van der Waals surface area (Å²) in [6, 6.07) is 1.14. The van der Waals surface area contributed by atoms with E-state index in [4.69, 9.17) is 5.11 Å². The lowest BCUT2D eigenvalue weighted by molar-refractivity contribution is 0.211. The van der Waals surface area contributed by atoms with Crippen molar-refractivity contribution < 1.29 is 5.11 Å². The summed E-state index contributed by atoms with van der Waals surface area (Å²) in [7, 11) is 0. The summed E-state index contributed by atoms with van der Waals surface area (Å²) in [5.41, 5.74) is 0. The van der Waals surface area contributed by atoms with Gasteiger partial charge in [-0.1, -0.05) is 13.8 Å². The lowest BCUT2D eigenvalue weighted by atomic mass is 9.80. The molecule has 0 aromatic heterocycles. The zero-order chi connectivity index (χ0) is 10.6. The SMILES string of the molecule is CC1CC(C)CC(NC(C)CCO)C1. The molecule has 14 heavy (non-hydrogen) atoms.